The number of nitrogens with two attached hydrogens (primary N) is 1. The Kier molecular flexibility index (Phi) is 3.83. The van der Waals surface area contributed by atoms with E-state index in [0.29, 0.717) is 6.61 Å². The van der Waals surface area contributed by atoms with E-state index in [1.165, 1.54) is 26.1 Å². The monoisotopic (exact) mass is 158 g/mol. The van der Waals surface area contributed by atoms with Gasteiger partial charge in [0, 0.05) is 6.54 Å². The molecule has 0 aromatic rings. The van der Waals surface area contributed by atoms with E-state index in [9.17, 15) is 0 Å². The van der Waals surface area contributed by atoms with E-state index in [1.54, 1.807) is 0 Å². The second-order valence-electron chi connectivity index (χ2n) is 3.21. The first-order valence-corrected chi connectivity index (χ1v) is 4.40. The summed E-state index contributed by atoms with van der Waals surface area (Å²) in [7, 11) is 0. The number of likely N-dealkylation sites (tertiary alicyclic amines) is 1. The predicted octanol–water partition coefficient (Wildman–Crippen LogP) is 0.609. The van der Waals surface area contributed by atoms with Gasteiger partial charge >= 0.3 is 0 Å². The van der Waals surface area contributed by atoms with Gasteiger partial charge in [0.05, 0.1) is 6.61 Å². The fourth-order valence-corrected chi connectivity index (χ4v) is 1.67. The van der Waals surface area contributed by atoms with Crippen molar-refractivity contribution in [3.63, 3.8) is 0 Å². The fraction of sp³-hybridized carbons (Fsp3) is 1.00. The van der Waals surface area contributed by atoms with Crippen LogP contribution in [-0.4, -0.2) is 31.1 Å². The van der Waals surface area contributed by atoms with Crippen molar-refractivity contribution in [2.75, 3.05) is 26.2 Å². The van der Waals surface area contributed by atoms with Crippen molar-refractivity contribution < 1.29 is 4.84 Å². The van der Waals surface area contributed by atoms with Crippen LogP contribution in [-0.2, 0) is 4.84 Å². The van der Waals surface area contributed by atoms with Crippen molar-refractivity contribution in [2.24, 2.45) is 11.8 Å². The molecule has 1 heterocycles. The molecule has 1 fully saturated rings. The fourth-order valence-electron chi connectivity index (χ4n) is 1.67. The maximum absolute atomic E-state index is 4.96. The van der Waals surface area contributed by atoms with Crippen LogP contribution in [0.5, 0.6) is 0 Å². The third kappa shape index (κ3) is 2.77. The summed E-state index contributed by atoms with van der Waals surface area (Å²) >= 11 is 0. The highest BCUT2D eigenvalue weighted by molar-refractivity contribution is 4.73. The van der Waals surface area contributed by atoms with Crippen LogP contribution in [0.3, 0.4) is 0 Å². The summed E-state index contributed by atoms with van der Waals surface area (Å²) in [4.78, 5) is 7.03. The summed E-state index contributed by atoms with van der Waals surface area (Å²) in [6, 6.07) is 0. The first-order chi connectivity index (χ1) is 5.36. The van der Waals surface area contributed by atoms with E-state index in [2.05, 4.69) is 16.7 Å². The molecule has 0 saturated carbocycles. The molecule has 0 spiro atoms. The van der Waals surface area contributed by atoms with E-state index in [1.807, 2.05) is 0 Å². The van der Waals surface area contributed by atoms with E-state index in [4.69, 9.17) is 5.90 Å². The molecule has 0 amide bonds. The Hall–Kier alpha value is -0.120. The molecule has 11 heavy (non-hydrogen) atoms. The molecule has 0 aromatic carbocycles. The van der Waals surface area contributed by atoms with Gasteiger partial charge in [0.2, 0.25) is 0 Å². The largest absolute Gasteiger partial charge is 0.305 e. The first kappa shape index (κ1) is 8.97. The molecule has 2 N–H and O–H groups in total. The Balaban J connectivity index is 2.09. The van der Waals surface area contributed by atoms with E-state index in [0.717, 1.165) is 12.3 Å². The summed E-state index contributed by atoms with van der Waals surface area (Å²) in [5, 5.41) is 0. The van der Waals surface area contributed by atoms with Crippen LogP contribution in [0, 0.1) is 5.92 Å². The van der Waals surface area contributed by atoms with Gasteiger partial charge in [-0.25, -0.2) is 5.90 Å². The Morgan fingerprint density at radius 2 is 2.45 bits per heavy atom. The summed E-state index contributed by atoms with van der Waals surface area (Å²) in [6.07, 6.45) is 2.43. The Morgan fingerprint density at radius 3 is 3.00 bits per heavy atom. The van der Waals surface area contributed by atoms with Crippen LogP contribution >= 0.6 is 0 Å². The van der Waals surface area contributed by atoms with Crippen LogP contribution in [0.4, 0.5) is 0 Å². The Bertz CT molecular complexity index is 108. The molecular formula is C8H18N2O. The van der Waals surface area contributed by atoms with Crippen molar-refractivity contribution in [3.05, 3.63) is 0 Å². The summed E-state index contributed by atoms with van der Waals surface area (Å²) in [5.74, 6) is 5.78. The lowest BCUT2D eigenvalue weighted by Crippen LogP contribution is -2.20. The van der Waals surface area contributed by atoms with E-state index >= 15 is 0 Å². The van der Waals surface area contributed by atoms with Crippen LogP contribution in [0.25, 0.3) is 0 Å². The second kappa shape index (κ2) is 4.70. The minimum atomic E-state index is 0.711. The molecule has 3 heteroatoms. The maximum Gasteiger partial charge on any atom is 0.0682 e. The molecule has 1 atom stereocenters. The van der Waals surface area contributed by atoms with Crippen LogP contribution < -0.4 is 5.90 Å². The highest BCUT2D eigenvalue weighted by atomic mass is 16.6. The predicted molar refractivity (Wildman–Crippen MR) is 45.0 cm³/mol. The van der Waals surface area contributed by atoms with Gasteiger partial charge in [0.25, 0.3) is 0 Å². The van der Waals surface area contributed by atoms with Crippen molar-refractivity contribution in [2.45, 2.75) is 19.8 Å². The zero-order valence-electron chi connectivity index (χ0n) is 7.25. The molecule has 3 nitrogen and oxygen atoms in total. The molecule has 0 radical (unpaired) electrons. The molecule has 1 unspecified atom stereocenters. The maximum atomic E-state index is 4.96. The van der Waals surface area contributed by atoms with Crippen molar-refractivity contribution >= 4 is 0 Å². The number of hydrogen-bond donors (Lipinski definition) is 1. The third-order valence-electron chi connectivity index (χ3n) is 2.46. The standard InChI is InChI=1S/C8H18N2O/c1-2-10-5-3-8(7-10)4-6-11-9/h8H,2-7,9H2,1H3. The van der Waals surface area contributed by atoms with Gasteiger partial charge in [-0.05, 0) is 31.8 Å². The Morgan fingerprint density at radius 1 is 1.64 bits per heavy atom. The zero-order valence-corrected chi connectivity index (χ0v) is 7.25. The van der Waals surface area contributed by atoms with Gasteiger partial charge in [-0.2, -0.15) is 0 Å². The molecule has 0 bridgehead atoms. The molecule has 0 aromatic heterocycles. The lowest BCUT2D eigenvalue weighted by atomic mass is 10.1. The SMILES string of the molecule is CCN1CCC(CCON)C1. The number of rotatable bonds is 4. The van der Waals surface area contributed by atoms with Gasteiger partial charge in [-0.1, -0.05) is 6.92 Å². The van der Waals surface area contributed by atoms with Crippen LogP contribution in [0.15, 0.2) is 0 Å². The lowest BCUT2D eigenvalue weighted by molar-refractivity contribution is 0.123. The van der Waals surface area contributed by atoms with Gasteiger partial charge in [0.1, 0.15) is 0 Å². The minimum Gasteiger partial charge on any atom is -0.305 e. The topological polar surface area (TPSA) is 38.5 Å². The first-order valence-electron chi connectivity index (χ1n) is 4.40. The Labute approximate surface area is 68.5 Å². The lowest BCUT2D eigenvalue weighted by Gasteiger charge is -2.12. The van der Waals surface area contributed by atoms with Crippen LogP contribution in [0.2, 0.25) is 0 Å². The van der Waals surface area contributed by atoms with Gasteiger partial charge in [-0.15, -0.1) is 0 Å². The molecule has 66 valence electrons. The average Bonchev–Trinajstić information content (AvgIpc) is 2.48. The summed E-state index contributed by atoms with van der Waals surface area (Å²) < 4.78 is 0. The normalized spacial score (nSPS) is 26.2. The summed E-state index contributed by atoms with van der Waals surface area (Å²) in [6.45, 7) is 6.59. The minimum absolute atomic E-state index is 0.711. The third-order valence-corrected chi connectivity index (χ3v) is 2.46. The molecule has 1 aliphatic heterocycles. The highest BCUT2D eigenvalue weighted by Gasteiger charge is 2.20. The average molecular weight is 158 g/mol. The van der Waals surface area contributed by atoms with Gasteiger partial charge in [0.15, 0.2) is 0 Å². The summed E-state index contributed by atoms with van der Waals surface area (Å²) in [5.41, 5.74) is 0. The molecule has 1 saturated heterocycles. The molecule has 1 aliphatic rings. The second-order valence-corrected chi connectivity index (χ2v) is 3.21. The smallest absolute Gasteiger partial charge is 0.0682 e. The van der Waals surface area contributed by atoms with Gasteiger partial charge in [-0.3, -0.25) is 0 Å². The quantitative estimate of drug-likeness (QED) is 0.609. The zero-order chi connectivity index (χ0) is 8.10. The van der Waals surface area contributed by atoms with Crippen molar-refractivity contribution in [1.29, 1.82) is 0 Å². The van der Waals surface area contributed by atoms with Crippen molar-refractivity contribution in [3.8, 4) is 0 Å². The molecule has 0 aliphatic carbocycles. The number of hydrogen-bond acceptors (Lipinski definition) is 3. The molecule has 1 rings (SSSR count). The molecular weight excluding hydrogens is 140 g/mol. The van der Waals surface area contributed by atoms with E-state index < -0.39 is 0 Å². The van der Waals surface area contributed by atoms with Crippen molar-refractivity contribution in [1.82, 2.24) is 4.90 Å². The van der Waals surface area contributed by atoms with Gasteiger partial charge < -0.3 is 9.74 Å². The van der Waals surface area contributed by atoms with E-state index in [-0.39, 0.29) is 0 Å². The number of nitrogens with zero attached hydrogens (tertiary/aromatic N) is 1. The van der Waals surface area contributed by atoms with Crippen LogP contribution in [0.1, 0.15) is 19.8 Å². The highest BCUT2D eigenvalue weighted by Crippen LogP contribution is 2.18.